The molecule has 1 heterocycles. The molecule has 1 nitrogen and oxygen atoms in total. The van der Waals surface area contributed by atoms with Crippen LogP contribution in [-0.2, 0) is 0 Å². The Morgan fingerprint density at radius 3 is 2.50 bits per heavy atom. The van der Waals surface area contributed by atoms with Crippen LogP contribution in [0.2, 0.25) is 0 Å². The zero-order chi connectivity index (χ0) is 5.56. The number of nitrogens with one attached hydrogen (secondary N) is 1. The summed E-state index contributed by atoms with van der Waals surface area (Å²) < 4.78 is 0. The highest BCUT2D eigenvalue weighted by atomic mass is 15.0. The molecular formula is C7H13N. The molecule has 1 saturated carbocycles. The number of rotatable bonds is 0. The lowest BCUT2D eigenvalue weighted by Gasteiger charge is -2.16. The van der Waals surface area contributed by atoms with Crippen LogP contribution in [0.15, 0.2) is 0 Å². The van der Waals surface area contributed by atoms with Gasteiger partial charge in [0.05, 0.1) is 0 Å². The number of piperidine rings is 1. The lowest BCUT2D eigenvalue weighted by Crippen LogP contribution is -2.28. The first-order chi connectivity index (χ1) is 3.86. The van der Waals surface area contributed by atoms with Crippen molar-refractivity contribution < 1.29 is 0 Å². The van der Waals surface area contributed by atoms with Gasteiger partial charge >= 0.3 is 0 Å². The van der Waals surface area contributed by atoms with Crippen molar-refractivity contribution in [3.05, 3.63) is 0 Å². The van der Waals surface area contributed by atoms with Crippen molar-refractivity contribution in [2.75, 3.05) is 6.54 Å². The maximum absolute atomic E-state index is 3.49. The van der Waals surface area contributed by atoms with Gasteiger partial charge in [-0.25, -0.2) is 0 Å². The van der Waals surface area contributed by atoms with Crippen LogP contribution in [0.5, 0.6) is 0 Å². The lowest BCUT2D eigenvalue weighted by molar-refractivity contribution is 0.379. The van der Waals surface area contributed by atoms with Gasteiger partial charge in [-0.3, -0.25) is 0 Å². The first-order valence-electron chi connectivity index (χ1n) is 3.59. The van der Waals surface area contributed by atoms with Crippen LogP contribution in [0.1, 0.15) is 19.8 Å². The van der Waals surface area contributed by atoms with Crippen LogP contribution < -0.4 is 5.32 Å². The van der Waals surface area contributed by atoms with Gasteiger partial charge in [-0.15, -0.1) is 0 Å². The average Bonchev–Trinajstić information content (AvgIpc) is 2.23. The highest BCUT2D eigenvalue weighted by molar-refractivity contribution is 4.92. The molecule has 0 radical (unpaired) electrons. The molecule has 46 valence electrons. The monoisotopic (exact) mass is 111 g/mol. The number of hydrogen-bond acceptors (Lipinski definition) is 1. The first kappa shape index (κ1) is 4.80. The van der Waals surface area contributed by atoms with E-state index >= 15 is 0 Å². The fourth-order valence-electron chi connectivity index (χ4n) is 2.10. The van der Waals surface area contributed by atoms with Crippen LogP contribution in [0, 0.1) is 11.8 Å². The molecule has 1 saturated heterocycles. The fourth-order valence-corrected chi connectivity index (χ4v) is 2.10. The first-order valence-corrected chi connectivity index (χ1v) is 3.59. The van der Waals surface area contributed by atoms with Crippen molar-refractivity contribution in [3.63, 3.8) is 0 Å². The Labute approximate surface area is 50.5 Å². The maximum Gasteiger partial charge on any atom is 0.00730 e. The molecule has 0 aromatic carbocycles. The van der Waals surface area contributed by atoms with Crippen molar-refractivity contribution in [2.45, 2.75) is 25.8 Å². The minimum absolute atomic E-state index is 0.898. The minimum atomic E-state index is 0.898. The molecule has 0 amide bonds. The lowest BCUT2D eigenvalue weighted by atomic mass is 9.98. The SMILES string of the molecule is C[C@H]1C[C@H]2C[C@@H]1CN2. The summed E-state index contributed by atoms with van der Waals surface area (Å²) in [6.07, 6.45) is 2.89. The van der Waals surface area contributed by atoms with Crippen molar-refractivity contribution >= 4 is 0 Å². The zero-order valence-electron chi connectivity index (χ0n) is 5.35. The van der Waals surface area contributed by atoms with E-state index in [-0.39, 0.29) is 0 Å². The summed E-state index contributed by atoms with van der Waals surface area (Å²) in [6.45, 7) is 3.68. The number of hydrogen-bond donors (Lipinski definition) is 1. The van der Waals surface area contributed by atoms with E-state index in [4.69, 9.17) is 0 Å². The molecule has 8 heavy (non-hydrogen) atoms. The average molecular weight is 111 g/mol. The second kappa shape index (κ2) is 1.47. The second-order valence-electron chi connectivity index (χ2n) is 3.31. The summed E-state index contributed by atoms with van der Waals surface area (Å²) in [5, 5.41) is 3.49. The number of fused-ring (bicyclic) bond motifs is 2. The fraction of sp³-hybridized carbons (Fsp3) is 1.00. The molecule has 2 fully saturated rings. The largest absolute Gasteiger partial charge is 0.314 e. The van der Waals surface area contributed by atoms with E-state index in [2.05, 4.69) is 12.2 Å². The minimum Gasteiger partial charge on any atom is -0.314 e. The Hall–Kier alpha value is -0.0400. The summed E-state index contributed by atoms with van der Waals surface area (Å²) in [5.41, 5.74) is 0. The predicted molar refractivity (Wildman–Crippen MR) is 33.7 cm³/mol. The van der Waals surface area contributed by atoms with E-state index in [1.54, 1.807) is 0 Å². The molecular weight excluding hydrogens is 98.1 g/mol. The summed E-state index contributed by atoms with van der Waals surface area (Å²) in [7, 11) is 0. The van der Waals surface area contributed by atoms with Gasteiger partial charge < -0.3 is 5.32 Å². The molecule has 1 N–H and O–H groups in total. The molecule has 3 atom stereocenters. The molecule has 1 aliphatic carbocycles. The van der Waals surface area contributed by atoms with Crippen LogP contribution in [0.3, 0.4) is 0 Å². The van der Waals surface area contributed by atoms with Gasteiger partial charge in [-0.05, 0) is 31.2 Å². The third-order valence-corrected chi connectivity index (χ3v) is 2.72. The molecule has 1 aliphatic heterocycles. The van der Waals surface area contributed by atoms with Crippen LogP contribution in [0.25, 0.3) is 0 Å². The van der Waals surface area contributed by atoms with Crippen LogP contribution >= 0.6 is 0 Å². The van der Waals surface area contributed by atoms with E-state index in [1.807, 2.05) is 0 Å². The molecule has 2 rings (SSSR count). The van der Waals surface area contributed by atoms with Crippen LogP contribution in [-0.4, -0.2) is 12.6 Å². The Bertz CT molecular complexity index is 98.6. The third kappa shape index (κ3) is 0.510. The van der Waals surface area contributed by atoms with E-state index in [1.165, 1.54) is 19.4 Å². The molecule has 0 spiro atoms. The summed E-state index contributed by atoms with van der Waals surface area (Å²) in [6, 6.07) is 0.898. The van der Waals surface area contributed by atoms with Gasteiger partial charge in [0.2, 0.25) is 0 Å². The standard InChI is InChI=1S/C7H13N/c1-5-2-7-3-6(5)4-8-7/h5-8H,2-4H2,1H3/t5-,6+,7-/m0/s1. The second-order valence-corrected chi connectivity index (χ2v) is 3.31. The summed E-state index contributed by atoms with van der Waals surface area (Å²) in [4.78, 5) is 0. The third-order valence-electron chi connectivity index (χ3n) is 2.72. The van der Waals surface area contributed by atoms with Crippen molar-refractivity contribution in [3.8, 4) is 0 Å². The highest BCUT2D eigenvalue weighted by Gasteiger charge is 2.36. The van der Waals surface area contributed by atoms with Gasteiger partial charge in [0.1, 0.15) is 0 Å². The van der Waals surface area contributed by atoms with Crippen molar-refractivity contribution in [2.24, 2.45) is 11.8 Å². The smallest absolute Gasteiger partial charge is 0.00730 e. The Balaban J connectivity index is 2.11. The zero-order valence-corrected chi connectivity index (χ0v) is 5.35. The van der Waals surface area contributed by atoms with E-state index in [0.29, 0.717) is 0 Å². The molecule has 1 heteroatoms. The quantitative estimate of drug-likeness (QED) is 0.492. The molecule has 0 aromatic rings. The van der Waals surface area contributed by atoms with Crippen LogP contribution in [0.4, 0.5) is 0 Å². The highest BCUT2D eigenvalue weighted by Crippen LogP contribution is 2.35. The topological polar surface area (TPSA) is 12.0 Å². The Morgan fingerprint density at radius 2 is 2.25 bits per heavy atom. The molecule has 0 aromatic heterocycles. The van der Waals surface area contributed by atoms with Gasteiger partial charge in [0.15, 0.2) is 0 Å². The Kier molecular flexibility index (Phi) is 0.884. The summed E-state index contributed by atoms with van der Waals surface area (Å²) >= 11 is 0. The van der Waals surface area contributed by atoms with Gasteiger partial charge in [0, 0.05) is 6.04 Å². The normalized spacial score (nSPS) is 52.9. The van der Waals surface area contributed by atoms with E-state index in [9.17, 15) is 0 Å². The molecule has 2 aliphatic rings. The van der Waals surface area contributed by atoms with Gasteiger partial charge in [-0.1, -0.05) is 6.92 Å². The molecule has 2 bridgehead atoms. The summed E-state index contributed by atoms with van der Waals surface area (Å²) in [5.74, 6) is 2.04. The van der Waals surface area contributed by atoms with E-state index < -0.39 is 0 Å². The van der Waals surface area contributed by atoms with Crippen molar-refractivity contribution in [1.29, 1.82) is 0 Å². The van der Waals surface area contributed by atoms with Crippen molar-refractivity contribution in [1.82, 2.24) is 5.32 Å². The Morgan fingerprint density at radius 1 is 1.38 bits per heavy atom. The maximum atomic E-state index is 3.49. The molecule has 0 unspecified atom stereocenters. The van der Waals surface area contributed by atoms with Gasteiger partial charge in [0.25, 0.3) is 0 Å². The van der Waals surface area contributed by atoms with Gasteiger partial charge in [-0.2, -0.15) is 0 Å². The predicted octanol–water partition coefficient (Wildman–Crippen LogP) is 1.00. The van der Waals surface area contributed by atoms with E-state index in [0.717, 1.165) is 17.9 Å².